The lowest BCUT2D eigenvalue weighted by molar-refractivity contribution is -0.161. The number of nitrogens with one attached hydrogen (secondary N) is 2. The third kappa shape index (κ3) is 5.33. The van der Waals surface area contributed by atoms with Crippen LogP contribution >= 0.6 is 0 Å². The van der Waals surface area contributed by atoms with Gasteiger partial charge in [-0.15, -0.1) is 0 Å². The summed E-state index contributed by atoms with van der Waals surface area (Å²) in [5, 5.41) is 5.89. The molecule has 1 heterocycles. The zero-order valence-electron chi connectivity index (χ0n) is 11.7. The Morgan fingerprint density at radius 3 is 2.78 bits per heavy atom. The number of carbonyl (C=O) groups is 1. The summed E-state index contributed by atoms with van der Waals surface area (Å²) >= 11 is 0. The van der Waals surface area contributed by atoms with Crippen molar-refractivity contribution in [3.63, 3.8) is 0 Å². The molecule has 0 spiro atoms. The maximum absolute atomic E-state index is 11.6. The zero-order chi connectivity index (χ0) is 13.4. The van der Waals surface area contributed by atoms with Gasteiger partial charge in [-0.05, 0) is 25.2 Å². The fourth-order valence-electron chi connectivity index (χ4n) is 2.03. The summed E-state index contributed by atoms with van der Waals surface area (Å²) in [6.45, 7) is 6.09. The van der Waals surface area contributed by atoms with Crippen molar-refractivity contribution in [3.05, 3.63) is 0 Å². The van der Waals surface area contributed by atoms with E-state index in [1.807, 2.05) is 13.8 Å². The van der Waals surface area contributed by atoms with Crippen molar-refractivity contribution < 1.29 is 14.3 Å². The van der Waals surface area contributed by atoms with Crippen molar-refractivity contribution in [2.45, 2.75) is 45.4 Å². The monoisotopic (exact) mass is 258 g/mol. The lowest BCUT2D eigenvalue weighted by atomic mass is 10.0. The average molecular weight is 258 g/mol. The van der Waals surface area contributed by atoms with Gasteiger partial charge in [0.05, 0.1) is 12.6 Å². The van der Waals surface area contributed by atoms with Crippen LogP contribution in [0, 0.1) is 5.92 Å². The van der Waals surface area contributed by atoms with E-state index in [1.165, 1.54) is 6.42 Å². The van der Waals surface area contributed by atoms with Gasteiger partial charge < -0.3 is 20.1 Å². The first-order valence-corrected chi connectivity index (χ1v) is 6.83. The van der Waals surface area contributed by atoms with Crippen LogP contribution in [0.2, 0.25) is 0 Å². The molecule has 2 atom stereocenters. The largest absolute Gasteiger partial charge is 0.358 e. The summed E-state index contributed by atoms with van der Waals surface area (Å²) < 4.78 is 11.1. The molecule has 0 radical (unpaired) electrons. The molecular weight excluding hydrogens is 232 g/mol. The second-order valence-corrected chi connectivity index (χ2v) is 4.96. The van der Waals surface area contributed by atoms with E-state index in [2.05, 4.69) is 10.6 Å². The van der Waals surface area contributed by atoms with E-state index >= 15 is 0 Å². The number of hydrogen-bond acceptors (Lipinski definition) is 4. The van der Waals surface area contributed by atoms with Crippen LogP contribution in [0.4, 0.5) is 0 Å². The predicted octanol–water partition coefficient (Wildman–Crippen LogP) is 0.890. The second-order valence-electron chi connectivity index (χ2n) is 4.96. The molecular formula is C13H26N2O3. The number of amides is 1. The van der Waals surface area contributed by atoms with Crippen molar-refractivity contribution in [2.24, 2.45) is 5.92 Å². The Kier molecular flexibility index (Phi) is 7.23. The summed E-state index contributed by atoms with van der Waals surface area (Å²) in [6, 6.07) is -0.161. The van der Waals surface area contributed by atoms with Gasteiger partial charge in [0.25, 0.3) is 0 Å². The minimum Gasteiger partial charge on any atom is -0.358 e. The lowest BCUT2D eigenvalue weighted by Crippen LogP contribution is -2.47. The summed E-state index contributed by atoms with van der Waals surface area (Å²) in [7, 11) is 1.66. The Morgan fingerprint density at radius 2 is 2.22 bits per heavy atom. The van der Waals surface area contributed by atoms with E-state index in [-0.39, 0.29) is 24.2 Å². The molecule has 0 aliphatic carbocycles. The molecule has 1 aliphatic heterocycles. The Bertz CT molecular complexity index is 240. The van der Waals surface area contributed by atoms with Crippen LogP contribution in [-0.2, 0) is 14.3 Å². The van der Waals surface area contributed by atoms with Gasteiger partial charge in [0, 0.05) is 20.2 Å². The zero-order valence-corrected chi connectivity index (χ0v) is 11.7. The van der Waals surface area contributed by atoms with E-state index in [0.717, 1.165) is 19.4 Å². The molecule has 0 saturated carbocycles. The van der Waals surface area contributed by atoms with Crippen LogP contribution < -0.4 is 10.6 Å². The normalized spacial score (nSPS) is 21.9. The van der Waals surface area contributed by atoms with Gasteiger partial charge in [0.15, 0.2) is 6.29 Å². The summed E-state index contributed by atoms with van der Waals surface area (Å²) in [6.07, 6.45) is 3.22. The molecule has 0 aromatic heterocycles. The van der Waals surface area contributed by atoms with E-state index in [1.54, 1.807) is 7.05 Å². The minimum absolute atomic E-state index is 0.0268. The van der Waals surface area contributed by atoms with Crippen LogP contribution in [0.25, 0.3) is 0 Å². The third-order valence-electron chi connectivity index (χ3n) is 3.10. The number of ether oxygens (including phenoxy) is 2. The van der Waals surface area contributed by atoms with Gasteiger partial charge in [-0.3, -0.25) is 4.79 Å². The van der Waals surface area contributed by atoms with E-state index in [4.69, 9.17) is 9.47 Å². The average Bonchev–Trinajstić information content (AvgIpc) is 2.38. The number of likely N-dealkylation sites (N-methyl/N-ethyl adjacent to an activating group) is 1. The molecule has 106 valence electrons. The molecule has 0 aromatic carbocycles. The highest BCUT2D eigenvalue weighted by atomic mass is 16.7. The topological polar surface area (TPSA) is 59.6 Å². The molecule has 1 saturated heterocycles. The smallest absolute Gasteiger partial charge is 0.237 e. The molecule has 18 heavy (non-hydrogen) atoms. The Labute approximate surface area is 110 Å². The van der Waals surface area contributed by atoms with Crippen LogP contribution in [0.5, 0.6) is 0 Å². The van der Waals surface area contributed by atoms with E-state index in [9.17, 15) is 4.79 Å². The molecule has 1 fully saturated rings. The first kappa shape index (κ1) is 15.4. The Hall–Kier alpha value is -0.650. The number of rotatable bonds is 7. The Morgan fingerprint density at radius 1 is 1.44 bits per heavy atom. The quantitative estimate of drug-likeness (QED) is 0.666. The fraction of sp³-hybridized carbons (Fsp3) is 0.923. The molecule has 0 bridgehead atoms. The van der Waals surface area contributed by atoms with Crippen molar-refractivity contribution in [3.8, 4) is 0 Å². The highest BCUT2D eigenvalue weighted by Crippen LogP contribution is 2.13. The summed E-state index contributed by atoms with van der Waals surface area (Å²) in [4.78, 5) is 11.6. The second kappa shape index (κ2) is 8.45. The molecule has 1 rings (SSSR count). The van der Waals surface area contributed by atoms with Gasteiger partial charge in [-0.25, -0.2) is 0 Å². The van der Waals surface area contributed by atoms with Crippen molar-refractivity contribution in [2.75, 3.05) is 26.8 Å². The van der Waals surface area contributed by atoms with Crippen LogP contribution in [0.3, 0.4) is 0 Å². The number of hydrogen-bond donors (Lipinski definition) is 2. The predicted molar refractivity (Wildman–Crippen MR) is 70.2 cm³/mol. The highest BCUT2D eigenvalue weighted by molar-refractivity contribution is 5.81. The molecule has 0 aromatic rings. The van der Waals surface area contributed by atoms with Crippen molar-refractivity contribution >= 4 is 5.91 Å². The minimum atomic E-state index is -0.161. The van der Waals surface area contributed by atoms with Crippen molar-refractivity contribution in [1.29, 1.82) is 0 Å². The standard InChI is InChI=1S/C13H26N2O3/c1-10(2)12(13(16)14-3)15-7-9-18-11-6-4-5-8-17-11/h10-12,15H,4-9H2,1-3H3,(H,14,16)/t11-,12-/m0/s1. The summed E-state index contributed by atoms with van der Waals surface area (Å²) in [5.74, 6) is 0.287. The first-order chi connectivity index (χ1) is 8.65. The first-order valence-electron chi connectivity index (χ1n) is 6.83. The van der Waals surface area contributed by atoms with E-state index in [0.29, 0.717) is 13.2 Å². The van der Waals surface area contributed by atoms with E-state index < -0.39 is 0 Å². The van der Waals surface area contributed by atoms with Gasteiger partial charge in [-0.2, -0.15) is 0 Å². The molecule has 5 nitrogen and oxygen atoms in total. The SMILES string of the molecule is CNC(=O)[C@@H](NCCO[C@H]1CCCCO1)C(C)C. The molecule has 5 heteroatoms. The maximum atomic E-state index is 11.6. The fourth-order valence-corrected chi connectivity index (χ4v) is 2.03. The van der Waals surface area contributed by atoms with Gasteiger partial charge in [0.1, 0.15) is 0 Å². The van der Waals surface area contributed by atoms with Gasteiger partial charge in [-0.1, -0.05) is 13.8 Å². The number of carbonyl (C=O) groups excluding carboxylic acids is 1. The molecule has 2 N–H and O–H groups in total. The van der Waals surface area contributed by atoms with Crippen molar-refractivity contribution in [1.82, 2.24) is 10.6 Å². The van der Waals surface area contributed by atoms with Crippen LogP contribution in [0.15, 0.2) is 0 Å². The highest BCUT2D eigenvalue weighted by Gasteiger charge is 2.20. The molecule has 1 amide bonds. The van der Waals surface area contributed by atoms with Crippen LogP contribution in [0.1, 0.15) is 33.1 Å². The Balaban J connectivity index is 2.16. The van der Waals surface area contributed by atoms with Gasteiger partial charge >= 0.3 is 0 Å². The molecule has 1 aliphatic rings. The summed E-state index contributed by atoms with van der Waals surface area (Å²) in [5.41, 5.74) is 0. The van der Waals surface area contributed by atoms with Gasteiger partial charge in [0.2, 0.25) is 5.91 Å². The molecule has 0 unspecified atom stereocenters. The lowest BCUT2D eigenvalue weighted by Gasteiger charge is -2.24. The maximum Gasteiger partial charge on any atom is 0.237 e. The van der Waals surface area contributed by atoms with Crippen LogP contribution in [-0.4, -0.2) is 45.0 Å². The third-order valence-corrected chi connectivity index (χ3v) is 3.10.